The topological polar surface area (TPSA) is 66.3 Å². The lowest BCUT2D eigenvalue weighted by atomic mass is 9.89. The average molecular weight is 297 g/mol. The van der Waals surface area contributed by atoms with Crippen molar-refractivity contribution < 1.29 is 9.90 Å². The Morgan fingerprint density at radius 1 is 1.50 bits per heavy atom. The number of aromatic nitrogens is 2. The molecule has 20 heavy (non-hydrogen) atoms. The summed E-state index contributed by atoms with van der Waals surface area (Å²) in [6.07, 6.45) is 2.78. The van der Waals surface area contributed by atoms with Crippen LogP contribution in [0.1, 0.15) is 52.8 Å². The third kappa shape index (κ3) is 3.11. The van der Waals surface area contributed by atoms with Crippen LogP contribution in [0.4, 0.5) is 5.13 Å². The molecule has 1 aliphatic heterocycles. The van der Waals surface area contributed by atoms with Gasteiger partial charge in [-0.2, -0.15) is 4.37 Å². The number of anilines is 1. The van der Waals surface area contributed by atoms with Crippen LogP contribution < -0.4 is 4.90 Å². The highest BCUT2D eigenvalue weighted by Gasteiger charge is 2.35. The maximum atomic E-state index is 11.5. The van der Waals surface area contributed by atoms with Gasteiger partial charge in [-0.05, 0) is 18.8 Å². The predicted octanol–water partition coefficient (Wildman–Crippen LogP) is 2.92. The molecule has 2 rings (SSSR count). The van der Waals surface area contributed by atoms with Gasteiger partial charge in [0.2, 0.25) is 5.13 Å². The summed E-state index contributed by atoms with van der Waals surface area (Å²) >= 11 is 1.31. The molecule has 5 nitrogen and oxygen atoms in total. The monoisotopic (exact) mass is 297 g/mol. The molecule has 6 heteroatoms. The van der Waals surface area contributed by atoms with Crippen molar-refractivity contribution in [1.82, 2.24) is 9.36 Å². The quantitative estimate of drug-likeness (QED) is 0.929. The molecule has 1 saturated heterocycles. The first kappa shape index (κ1) is 15.2. The van der Waals surface area contributed by atoms with Gasteiger partial charge in [0, 0.05) is 23.5 Å². The number of piperidine rings is 1. The molecular formula is C14H23N3O2S. The van der Waals surface area contributed by atoms with Crippen LogP contribution in [-0.2, 0) is 10.2 Å². The van der Waals surface area contributed by atoms with E-state index in [4.69, 9.17) is 0 Å². The van der Waals surface area contributed by atoms with Crippen molar-refractivity contribution in [3.05, 3.63) is 5.82 Å². The molecule has 0 spiro atoms. The summed E-state index contributed by atoms with van der Waals surface area (Å²) in [6.45, 7) is 9.08. The SMILES string of the molecule is CCC1CCN(c2nc(C(C)(C)C)ns2)C(C(=O)O)C1. The second-order valence-electron chi connectivity index (χ2n) is 6.50. The normalized spacial score (nSPS) is 23.9. The van der Waals surface area contributed by atoms with E-state index in [0.717, 1.165) is 30.3 Å². The Morgan fingerprint density at radius 3 is 2.70 bits per heavy atom. The van der Waals surface area contributed by atoms with E-state index < -0.39 is 12.0 Å². The fraction of sp³-hybridized carbons (Fsp3) is 0.786. The third-order valence-electron chi connectivity index (χ3n) is 3.91. The van der Waals surface area contributed by atoms with Crippen molar-refractivity contribution in [3.63, 3.8) is 0 Å². The predicted molar refractivity (Wildman–Crippen MR) is 80.4 cm³/mol. The van der Waals surface area contributed by atoms with E-state index in [1.54, 1.807) is 0 Å². The zero-order valence-electron chi connectivity index (χ0n) is 12.6. The lowest BCUT2D eigenvalue weighted by Gasteiger charge is -2.36. The minimum absolute atomic E-state index is 0.102. The summed E-state index contributed by atoms with van der Waals surface area (Å²) in [5.41, 5.74) is -0.102. The molecule has 112 valence electrons. The molecule has 0 aromatic carbocycles. The summed E-state index contributed by atoms with van der Waals surface area (Å²) in [6, 6.07) is -0.463. The van der Waals surface area contributed by atoms with Gasteiger partial charge in [0.25, 0.3) is 0 Å². The Morgan fingerprint density at radius 2 is 2.20 bits per heavy atom. The highest BCUT2D eigenvalue weighted by molar-refractivity contribution is 7.09. The van der Waals surface area contributed by atoms with E-state index in [1.807, 2.05) is 4.90 Å². The fourth-order valence-corrected chi connectivity index (χ4v) is 3.44. The van der Waals surface area contributed by atoms with Crippen molar-refractivity contribution in [2.24, 2.45) is 5.92 Å². The van der Waals surface area contributed by atoms with Crippen LogP contribution in [0.15, 0.2) is 0 Å². The summed E-state index contributed by atoms with van der Waals surface area (Å²) in [5, 5.41) is 10.2. The fourth-order valence-electron chi connectivity index (χ4n) is 2.51. The number of aliphatic carboxylic acids is 1. The number of carboxylic acid groups (broad SMARTS) is 1. The van der Waals surface area contributed by atoms with E-state index in [0.29, 0.717) is 12.3 Å². The minimum atomic E-state index is -0.754. The van der Waals surface area contributed by atoms with Gasteiger partial charge in [-0.15, -0.1) is 0 Å². The van der Waals surface area contributed by atoms with Gasteiger partial charge < -0.3 is 10.0 Å². The minimum Gasteiger partial charge on any atom is -0.480 e. The average Bonchev–Trinajstić information content (AvgIpc) is 2.87. The summed E-state index contributed by atoms with van der Waals surface area (Å²) in [5.74, 6) is 0.539. The van der Waals surface area contributed by atoms with Gasteiger partial charge in [-0.25, -0.2) is 9.78 Å². The number of carboxylic acids is 1. The van der Waals surface area contributed by atoms with E-state index in [1.165, 1.54) is 11.5 Å². The van der Waals surface area contributed by atoms with Crippen molar-refractivity contribution in [3.8, 4) is 0 Å². The molecule has 1 N–H and O–H groups in total. The Balaban J connectivity index is 2.22. The highest BCUT2D eigenvalue weighted by Crippen LogP contribution is 2.32. The first-order valence-electron chi connectivity index (χ1n) is 7.16. The molecule has 1 aliphatic rings. The number of hydrogen-bond acceptors (Lipinski definition) is 5. The molecule has 1 aromatic heterocycles. The first-order chi connectivity index (χ1) is 9.32. The van der Waals surface area contributed by atoms with Crippen LogP contribution in [0.5, 0.6) is 0 Å². The maximum absolute atomic E-state index is 11.5. The van der Waals surface area contributed by atoms with Crippen molar-refractivity contribution in [2.45, 2.75) is 58.4 Å². The van der Waals surface area contributed by atoms with E-state index >= 15 is 0 Å². The van der Waals surface area contributed by atoms with Gasteiger partial charge in [0.15, 0.2) is 0 Å². The zero-order valence-corrected chi connectivity index (χ0v) is 13.4. The Hall–Kier alpha value is -1.17. The molecule has 0 bridgehead atoms. The van der Waals surface area contributed by atoms with E-state index in [9.17, 15) is 9.90 Å². The van der Waals surface area contributed by atoms with Gasteiger partial charge in [-0.3, -0.25) is 0 Å². The largest absolute Gasteiger partial charge is 0.480 e. The summed E-state index contributed by atoms with van der Waals surface area (Å²) in [4.78, 5) is 18.0. The van der Waals surface area contributed by atoms with Crippen LogP contribution >= 0.6 is 11.5 Å². The van der Waals surface area contributed by atoms with Crippen molar-refractivity contribution in [2.75, 3.05) is 11.4 Å². The smallest absolute Gasteiger partial charge is 0.326 e. The van der Waals surface area contributed by atoms with Gasteiger partial charge in [-0.1, -0.05) is 34.1 Å². The number of rotatable bonds is 3. The van der Waals surface area contributed by atoms with E-state index in [-0.39, 0.29) is 5.41 Å². The standard InChI is InChI=1S/C14H23N3O2S/c1-5-9-6-7-17(10(8-9)11(18)19)13-15-12(16-20-13)14(2,3)4/h9-10H,5-8H2,1-4H3,(H,18,19). The Labute approximate surface area is 124 Å². The van der Waals surface area contributed by atoms with Crippen molar-refractivity contribution in [1.29, 1.82) is 0 Å². The maximum Gasteiger partial charge on any atom is 0.326 e. The van der Waals surface area contributed by atoms with Crippen LogP contribution in [0.25, 0.3) is 0 Å². The van der Waals surface area contributed by atoms with Crippen LogP contribution in [0.2, 0.25) is 0 Å². The number of nitrogens with zero attached hydrogens (tertiary/aromatic N) is 3. The summed E-state index contributed by atoms with van der Waals surface area (Å²) < 4.78 is 4.39. The first-order valence-corrected chi connectivity index (χ1v) is 7.94. The van der Waals surface area contributed by atoms with Gasteiger partial charge >= 0.3 is 5.97 Å². The lowest BCUT2D eigenvalue weighted by molar-refractivity contribution is -0.139. The van der Waals surface area contributed by atoms with E-state index in [2.05, 4.69) is 37.1 Å². The molecule has 0 amide bonds. The molecule has 0 saturated carbocycles. The zero-order chi connectivity index (χ0) is 14.9. The highest BCUT2D eigenvalue weighted by atomic mass is 32.1. The van der Waals surface area contributed by atoms with Crippen LogP contribution in [0, 0.1) is 5.92 Å². The van der Waals surface area contributed by atoms with Crippen molar-refractivity contribution >= 4 is 22.6 Å². The van der Waals surface area contributed by atoms with Crippen LogP contribution in [-0.4, -0.2) is 33.0 Å². The lowest BCUT2D eigenvalue weighted by Crippen LogP contribution is -2.47. The molecule has 2 atom stereocenters. The molecular weight excluding hydrogens is 274 g/mol. The summed E-state index contributed by atoms with van der Waals surface area (Å²) in [7, 11) is 0. The molecule has 1 aromatic rings. The second kappa shape index (κ2) is 5.68. The second-order valence-corrected chi connectivity index (χ2v) is 7.23. The van der Waals surface area contributed by atoms with Gasteiger partial charge in [0.05, 0.1) is 0 Å². The van der Waals surface area contributed by atoms with Gasteiger partial charge in [0.1, 0.15) is 11.9 Å². The molecule has 0 radical (unpaired) electrons. The number of hydrogen-bond donors (Lipinski definition) is 1. The Kier molecular flexibility index (Phi) is 4.32. The molecule has 0 aliphatic carbocycles. The number of carbonyl (C=O) groups is 1. The van der Waals surface area contributed by atoms with Crippen LogP contribution in [0.3, 0.4) is 0 Å². The molecule has 2 unspecified atom stereocenters. The Bertz CT molecular complexity index is 481. The molecule has 2 heterocycles. The molecule has 1 fully saturated rings. The third-order valence-corrected chi connectivity index (χ3v) is 4.66.